The standard InChI is InChI=1S/C17H15N3O2/c1-20-16(18-12-19-20)11-22-15-9-7-14(8-10-15)17(21)13-5-3-2-4-6-13/h2-10,12H,11H2,1H3. The van der Waals surface area contributed by atoms with E-state index >= 15 is 0 Å². The molecule has 2 aromatic carbocycles. The maximum atomic E-state index is 12.3. The zero-order chi connectivity index (χ0) is 15.4. The Morgan fingerprint density at radius 1 is 1.05 bits per heavy atom. The van der Waals surface area contributed by atoms with Crippen LogP contribution in [-0.2, 0) is 13.7 Å². The SMILES string of the molecule is Cn1ncnc1COc1ccc(C(=O)c2ccccc2)cc1. The number of rotatable bonds is 5. The number of aryl methyl sites for hydroxylation is 1. The van der Waals surface area contributed by atoms with Crippen molar-refractivity contribution in [1.82, 2.24) is 14.8 Å². The molecule has 0 aliphatic heterocycles. The molecule has 0 bridgehead atoms. The molecular weight excluding hydrogens is 278 g/mol. The van der Waals surface area contributed by atoms with Gasteiger partial charge in [-0.2, -0.15) is 5.10 Å². The second-order valence-corrected chi connectivity index (χ2v) is 4.81. The van der Waals surface area contributed by atoms with Gasteiger partial charge in [-0.1, -0.05) is 30.3 Å². The van der Waals surface area contributed by atoms with Crippen molar-refractivity contribution in [1.29, 1.82) is 0 Å². The summed E-state index contributed by atoms with van der Waals surface area (Å²) in [5, 5.41) is 3.98. The maximum absolute atomic E-state index is 12.3. The van der Waals surface area contributed by atoms with E-state index in [1.165, 1.54) is 6.33 Å². The van der Waals surface area contributed by atoms with Crippen molar-refractivity contribution in [3.05, 3.63) is 77.9 Å². The molecule has 0 unspecified atom stereocenters. The zero-order valence-electron chi connectivity index (χ0n) is 12.1. The molecule has 22 heavy (non-hydrogen) atoms. The normalized spacial score (nSPS) is 10.4. The second kappa shape index (κ2) is 6.22. The summed E-state index contributed by atoms with van der Waals surface area (Å²) >= 11 is 0. The first-order chi connectivity index (χ1) is 10.7. The van der Waals surface area contributed by atoms with Gasteiger partial charge in [0.2, 0.25) is 0 Å². The third kappa shape index (κ3) is 3.03. The van der Waals surface area contributed by atoms with E-state index < -0.39 is 0 Å². The molecule has 110 valence electrons. The first kappa shape index (κ1) is 14.0. The molecule has 3 rings (SSSR count). The number of hydrogen-bond acceptors (Lipinski definition) is 4. The van der Waals surface area contributed by atoms with Crippen LogP contribution >= 0.6 is 0 Å². The number of hydrogen-bond donors (Lipinski definition) is 0. The first-order valence-electron chi connectivity index (χ1n) is 6.89. The Morgan fingerprint density at radius 3 is 2.36 bits per heavy atom. The predicted octanol–water partition coefficient (Wildman–Crippen LogP) is 2.63. The molecule has 0 N–H and O–H groups in total. The summed E-state index contributed by atoms with van der Waals surface area (Å²) in [5.41, 5.74) is 1.31. The lowest BCUT2D eigenvalue weighted by molar-refractivity contribution is 0.103. The van der Waals surface area contributed by atoms with Gasteiger partial charge in [-0.15, -0.1) is 0 Å². The monoisotopic (exact) mass is 293 g/mol. The minimum atomic E-state index is 0.000418. The van der Waals surface area contributed by atoms with Gasteiger partial charge in [-0.25, -0.2) is 4.98 Å². The lowest BCUT2D eigenvalue weighted by Gasteiger charge is -2.06. The van der Waals surface area contributed by atoms with Gasteiger partial charge in [-0.3, -0.25) is 9.48 Å². The van der Waals surface area contributed by atoms with Gasteiger partial charge < -0.3 is 4.74 Å². The Balaban J connectivity index is 1.68. The van der Waals surface area contributed by atoms with Crippen molar-refractivity contribution >= 4 is 5.78 Å². The van der Waals surface area contributed by atoms with E-state index in [2.05, 4.69) is 10.1 Å². The number of ether oxygens (including phenoxy) is 1. The Morgan fingerprint density at radius 2 is 1.73 bits per heavy atom. The van der Waals surface area contributed by atoms with Crippen molar-refractivity contribution in [3.8, 4) is 5.75 Å². The number of benzene rings is 2. The average molecular weight is 293 g/mol. The van der Waals surface area contributed by atoms with E-state index in [0.717, 1.165) is 5.82 Å². The lowest BCUT2D eigenvalue weighted by atomic mass is 10.0. The molecule has 0 atom stereocenters. The van der Waals surface area contributed by atoms with Crippen LogP contribution in [-0.4, -0.2) is 20.5 Å². The van der Waals surface area contributed by atoms with Crippen LogP contribution in [0.3, 0.4) is 0 Å². The van der Waals surface area contributed by atoms with Crippen LogP contribution in [0.25, 0.3) is 0 Å². The molecule has 0 radical (unpaired) electrons. The van der Waals surface area contributed by atoms with Crippen LogP contribution in [0.5, 0.6) is 5.75 Å². The van der Waals surface area contributed by atoms with Gasteiger partial charge >= 0.3 is 0 Å². The van der Waals surface area contributed by atoms with E-state index in [9.17, 15) is 4.79 Å². The highest BCUT2D eigenvalue weighted by Crippen LogP contribution is 2.16. The summed E-state index contributed by atoms with van der Waals surface area (Å²) in [6, 6.07) is 16.3. The summed E-state index contributed by atoms with van der Waals surface area (Å²) in [6.45, 7) is 0.336. The molecule has 3 aromatic rings. The molecule has 0 saturated carbocycles. The fraction of sp³-hybridized carbons (Fsp3) is 0.118. The number of aromatic nitrogens is 3. The lowest BCUT2D eigenvalue weighted by Crippen LogP contribution is -2.05. The Bertz CT molecular complexity index is 764. The van der Waals surface area contributed by atoms with Crippen LogP contribution in [0.15, 0.2) is 60.9 Å². The van der Waals surface area contributed by atoms with Gasteiger partial charge in [0.1, 0.15) is 18.7 Å². The van der Waals surface area contributed by atoms with E-state index in [0.29, 0.717) is 23.5 Å². The number of carbonyl (C=O) groups excluding carboxylic acids is 1. The fourth-order valence-corrected chi connectivity index (χ4v) is 2.06. The van der Waals surface area contributed by atoms with Crippen molar-refractivity contribution < 1.29 is 9.53 Å². The summed E-state index contributed by atoms with van der Waals surface area (Å²) in [7, 11) is 1.81. The summed E-state index contributed by atoms with van der Waals surface area (Å²) in [5.74, 6) is 1.43. The van der Waals surface area contributed by atoms with Gasteiger partial charge in [0, 0.05) is 18.2 Å². The van der Waals surface area contributed by atoms with Crippen LogP contribution in [0.4, 0.5) is 0 Å². The van der Waals surface area contributed by atoms with E-state index in [1.807, 2.05) is 25.2 Å². The van der Waals surface area contributed by atoms with E-state index in [-0.39, 0.29) is 5.78 Å². The molecule has 1 heterocycles. The number of carbonyl (C=O) groups is 1. The highest BCUT2D eigenvalue weighted by Gasteiger charge is 2.08. The minimum absolute atomic E-state index is 0.000418. The number of nitrogens with zero attached hydrogens (tertiary/aromatic N) is 3. The molecule has 0 fully saturated rings. The van der Waals surface area contributed by atoms with Gasteiger partial charge in [0.15, 0.2) is 11.6 Å². The third-order valence-corrected chi connectivity index (χ3v) is 3.33. The molecule has 5 nitrogen and oxygen atoms in total. The topological polar surface area (TPSA) is 57.0 Å². The molecule has 5 heteroatoms. The highest BCUT2D eigenvalue weighted by molar-refractivity contribution is 6.08. The molecule has 0 spiro atoms. The Hall–Kier alpha value is -2.95. The zero-order valence-corrected chi connectivity index (χ0v) is 12.1. The third-order valence-electron chi connectivity index (χ3n) is 3.33. The van der Waals surface area contributed by atoms with Gasteiger partial charge in [-0.05, 0) is 24.3 Å². The molecule has 0 amide bonds. The summed E-state index contributed by atoms with van der Waals surface area (Å²) in [4.78, 5) is 16.4. The highest BCUT2D eigenvalue weighted by atomic mass is 16.5. The molecule has 1 aromatic heterocycles. The van der Waals surface area contributed by atoms with Crippen molar-refractivity contribution in [2.45, 2.75) is 6.61 Å². The van der Waals surface area contributed by atoms with Crippen LogP contribution < -0.4 is 4.74 Å². The Labute approximate surface area is 128 Å². The van der Waals surface area contributed by atoms with Gasteiger partial charge in [0.25, 0.3) is 0 Å². The smallest absolute Gasteiger partial charge is 0.193 e. The molecular formula is C17H15N3O2. The van der Waals surface area contributed by atoms with E-state index in [4.69, 9.17) is 4.74 Å². The Kier molecular flexibility index (Phi) is 3.96. The van der Waals surface area contributed by atoms with Crippen LogP contribution in [0, 0.1) is 0 Å². The first-order valence-corrected chi connectivity index (χ1v) is 6.89. The second-order valence-electron chi connectivity index (χ2n) is 4.81. The molecule has 0 saturated heterocycles. The van der Waals surface area contributed by atoms with E-state index in [1.54, 1.807) is 41.1 Å². The number of ketones is 1. The van der Waals surface area contributed by atoms with Crippen LogP contribution in [0.1, 0.15) is 21.7 Å². The van der Waals surface area contributed by atoms with Crippen molar-refractivity contribution in [2.75, 3.05) is 0 Å². The van der Waals surface area contributed by atoms with Crippen molar-refractivity contribution in [3.63, 3.8) is 0 Å². The summed E-state index contributed by atoms with van der Waals surface area (Å²) in [6.07, 6.45) is 1.49. The van der Waals surface area contributed by atoms with Gasteiger partial charge in [0.05, 0.1) is 0 Å². The maximum Gasteiger partial charge on any atom is 0.193 e. The largest absolute Gasteiger partial charge is 0.486 e. The predicted molar refractivity (Wildman–Crippen MR) is 81.7 cm³/mol. The molecule has 0 aliphatic carbocycles. The quantitative estimate of drug-likeness (QED) is 0.679. The van der Waals surface area contributed by atoms with Crippen LogP contribution in [0.2, 0.25) is 0 Å². The minimum Gasteiger partial charge on any atom is -0.486 e. The fourth-order valence-electron chi connectivity index (χ4n) is 2.06. The summed E-state index contributed by atoms with van der Waals surface area (Å²) < 4.78 is 7.30. The van der Waals surface area contributed by atoms with Crippen molar-refractivity contribution in [2.24, 2.45) is 7.05 Å². The average Bonchev–Trinajstić information content (AvgIpc) is 2.99. The molecule has 0 aliphatic rings.